The van der Waals surface area contributed by atoms with Gasteiger partial charge in [0.1, 0.15) is 24.0 Å². The predicted octanol–water partition coefficient (Wildman–Crippen LogP) is 3.89. The molecule has 0 saturated heterocycles. The lowest BCUT2D eigenvalue weighted by Crippen LogP contribution is -2.03. The van der Waals surface area contributed by atoms with Crippen molar-refractivity contribution in [3.8, 4) is 5.75 Å². The summed E-state index contributed by atoms with van der Waals surface area (Å²) in [5, 5.41) is 0. The van der Waals surface area contributed by atoms with E-state index >= 15 is 0 Å². The van der Waals surface area contributed by atoms with Crippen molar-refractivity contribution in [2.45, 2.75) is 6.61 Å². The van der Waals surface area contributed by atoms with Crippen molar-refractivity contribution in [3.63, 3.8) is 0 Å². The zero-order chi connectivity index (χ0) is 13.1. The van der Waals surface area contributed by atoms with Gasteiger partial charge in [0.15, 0.2) is 0 Å². The molecule has 0 bridgehead atoms. The fourth-order valence-electron chi connectivity index (χ4n) is 1.45. The Morgan fingerprint density at radius 3 is 2.56 bits per heavy atom. The van der Waals surface area contributed by atoms with Crippen molar-refractivity contribution in [1.29, 1.82) is 0 Å². The van der Waals surface area contributed by atoms with Gasteiger partial charge in [-0.3, -0.25) is 0 Å². The number of hydrogen-bond donors (Lipinski definition) is 1. The molecule has 0 spiro atoms. The van der Waals surface area contributed by atoms with E-state index in [9.17, 15) is 8.78 Å². The van der Waals surface area contributed by atoms with Crippen molar-refractivity contribution >= 4 is 21.6 Å². The summed E-state index contributed by atoms with van der Waals surface area (Å²) in [6, 6.07) is 8.66. The van der Waals surface area contributed by atoms with Gasteiger partial charge in [-0.25, -0.2) is 8.78 Å². The monoisotopic (exact) mass is 313 g/mol. The van der Waals surface area contributed by atoms with Crippen molar-refractivity contribution in [1.82, 2.24) is 0 Å². The van der Waals surface area contributed by atoms with Crippen LogP contribution in [0.25, 0.3) is 0 Å². The molecule has 2 rings (SSSR count). The van der Waals surface area contributed by atoms with E-state index in [1.807, 2.05) is 0 Å². The molecular formula is C13H10BrF2NO. The zero-order valence-corrected chi connectivity index (χ0v) is 10.9. The lowest BCUT2D eigenvalue weighted by Gasteiger charge is -2.09. The molecule has 0 aliphatic heterocycles. The minimum atomic E-state index is -0.420. The van der Waals surface area contributed by atoms with Gasteiger partial charge in [-0.2, -0.15) is 0 Å². The van der Waals surface area contributed by atoms with Crippen molar-refractivity contribution in [2.75, 3.05) is 5.73 Å². The van der Waals surface area contributed by atoms with Crippen LogP contribution in [-0.4, -0.2) is 0 Å². The van der Waals surface area contributed by atoms with Gasteiger partial charge in [0.2, 0.25) is 0 Å². The SMILES string of the molecule is Nc1cccc(F)c1COc1ccc(F)c(Br)c1. The molecule has 94 valence electrons. The summed E-state index contributed by atoms with van der Waals surface area (Å²) in [5.41, 5.74) is 6.27. The third-order valence-corrected chi connectivity index (χ3v) is 3.04. The summed E-state index contributed by atoms with van der Waals surface area (Å²) in [7, 11) is 0. The Labute approximate surface area is 112 Å². The Balaban J connectivity index is 2.14. The zero-order valence-electron chi connectivity index (χ0n) is 9.29. The number of rotatable bonds is 3. The van der Waals surface area contributed by atoms with Crippen LogP contribution >= 0.6 is 15.9 Å². The van der Waals surface area contributed by atoms with Crippen molar-refractivity contribution < 1.29 is 13.5 Å². The van der Waals surface area contributed by atoms with E-state index < -0.39 is 5.82 Å². The molecule has 0 aliphatic rings. The highest BCUT2D eigenvalue weighted by molar-refractivity contribution is 9.10. The van der Waals surface area contributed by atoms with E-state index in [1.165, 1.54) is 30.3 Å². The standard InChI is InChI=1S/C13H10BrF2NO/c14-10-6-8(4-5-12(10)16)18-7-9-11(15)2-1-3-13(9)17/h1-6H,7,17H2. The Kier molecular flexibility index (Phi) is 3.81. The average molecular weight is 314 g/mol. The normalized spacial score (nSPS) is 10.4. The highest BCUT2D eigenvalue weighted by Crippen LogP contribution is 2.24. The van der Waals surface area contributed by atoms with E-state index in [-0.39, 0.29) is 18.0 Å². The Morgan fingerprint density at radius 2 is 1.89 bits per heavy atom. The molecule has 5 heteroatoms. The molecule has 0 radical (unpaired) electrons. The quantitative estimate of drug-likeness (QED) is 0.873. The smallest absolute Gasteiger partial charge is 0.137 e. The third kappa shape index (κ3) is 2.79. The largest absolute Gasteiger partial charge is 0.489 e. The lowest BCUT2D eigenvalue weighted by molar-refractivity contribution is 0.300. The van der Waals surface area contributed by atoms with Crippen LogP contribution in [0.1, 0.15) is 5.56 Å². The van der Waals surface area contributed by atoms with Crippen LogP contribution in [0.2, 0.25) is 0 Å². The molecule has 0 aromatic heterocycles. The molecule has 2 aromatic carbocycles. The minimum absolute atomic E-state index is 0.00339. The number of ether oxygens (including phenoxy) is 1. The number of hydrogen-bond acceptors (Lipinski definition) is 2. The number of halogens is 3. The van der Waals surface area contributed by atoms with Gasteiger partial charge >= 0.3 is 0 Å². The van der Waals surface area contributed by atoms with Crippen molar-refractivity contribution in [3.05, 3.63) is 58.1 Å². The molecular weight excluding hydrogens is 304 g/mol. The maximum absolute atomic E-state index is 13.5. The molecule has 0 unspecified atom stereocenters. The van der Waals surface area contributed by atoms with E-state index in [0.29, 0.717) is 15.9 Å². The Hall–Kier alpha value is -1.62. The fraction of sp³-hybridized carbons (Fsp3) is 0.0769. The molecule has 0 amide bonds. The van der Waals surface area contributed by atoms with E-state index in [0.717, 1.165) is 0 Å². The first-order chi connectivity index (χ1) is 8.58. The van der Waals surface area contributed by atoms with E-state index in [2.05, 4.69) is 15.9 Å². The van der Waals surface area contributed by atoms with Gasteiger partial charge in [0.05, 0.1) is 4.47 Å². The fourth-order valence-corrected chi connectivity index (χ4v) is 1.81. The summed E-state index contributed by atoms with van der Waals surface area (Å²) in [6.45, 7) is -0.00339. The first-order valence-electron chi connectivity index (χ1n) is 5.18. The molecule has 18 heavy (non-hydrogen) atoms. The highest BCUT2D eigenvalue weighted by atomic mass is 79.9. The van der Waals surface area contributed by atoms with Gasteiger partial charge in [-0.15, -0.1) is 0 Å². The average Bonchev–Trinajstić information content (AvgIpc) is 2.33. The van der Waals surface area contributed by atoms with E-state index in [4.69, 9.17) is 10.5 Å². The molecule has 2 nitrogen and oxygen atoms in total. The minimum Gasteiger partial charge on any atom is -0.489 e. The third-order valence-electron chi connectivity index (χ3n) is 2.43. The second kappa shape index (κ2) is 5.35. The van der Waals surface area contributed by atoms with Crippen LogP contribution in [0.15, 0.2) is 40.9 Å². The van der Waals surface area contributed by atoms with Gasteiger partial charge in [-0.05, 0) is 46.3 Å². The first-order valence-corrected chi connectivity index (χ1v) is 5.98. The molecule has 2 N–H and O–H groups in total. The summed E-state index contributed by atoms with van der Waals surface area (Å²) in [5.74, 6) is -0.366. The maximum atomic E-state index is 13.5. The number of benzene rings is 2. The van der Waals surface area contributed by atoms with Crippen molar-refractivity contribution in [2.24, 2.45) is 0 Å². The number of nitrogens with two attached hydrogens (primary N) is 1. The maximum Gasteiger partial charge on any atom is 0.137 e. The van der Waals surface area contributed by atoms with Gasteiger partial charge in [-0.1, -0.05) is 6.07 Å². The van der Waals surface area contributed by atoms with Crippen LogP contribution in [0.5, 0.6) is 5.75 Å². The van der Waals surface area contributed by atoms with Crippen LogP contribution in [0.4, 0.5) is 14.5 Å². The van der Waals surface area contributed by atoms with Crippen LogP contribution in [-0.2, 0) is 6.61 Å². The van der Waals surface area contributed by atoms with Crippen LogP contribution in [0, 0.1) is 11.6 Å². The number of nitrogen functional groups attached to an aromatic ring is 1. The second-order valence-corrected chi connectivity index (χ2v) is 4.53. The Morgan fingerprint density at radius 1 is 1.11 bits per heavy atom. The van der Waals surface area contributed by atoms with Crippen LogP contribution < -0.4 is 10.5 Å². The molecule has 0 saturated carbocycles. The number of anilines is 1. The summed E-state index contributed by atoms with van der Waals surface area (Å²) in [6.07, 6.45) is 0. The van der Waals surface area contributed by atoms with Gasteiger partial charge < -0.3 is 10.5 Å². The molecule has 0 fully saturated rings. The van der Waals surface area contributed by atoms with Crippen LogP contribution in [0.3, 0.4) is 0 Å². The first kappa shape index (κ1) is 12.8. The molecule has 0 atom stereocenters. The molecule has 2 aromatic rings. The predicted molar refractivity (Wildman–Crippen MR) is 69.2 cm³/mol. The second-order valence-electron chi connectivity index (χ2n) is 3.67. The summed E-state index contributed by atoms with van der Waals surface area (Å²) in [4.78, 5) is 0. The lowest BCUT2D eigenvalue weighted by atomic mass is 10.2. The van der Waals surface area contributed by atoms with Gasteiger partial charge in [0.25, 0.3) is 0 Å². The highest BCUT2D eigenvalue weighted by Gasteiger charge is 2.07. The van der Waals surface area contributed by atoms with E-state index in [1.54, 1.807) is 6.07 Å². The topological polar surface area (TPSA) is 35.2 Å². The Bertz CT molecular complexity index is 555. The summed E-state index contributed by atoms with van der Waals surface area (Å²) >= 11 is 3.05. The molecule has 0 aliphatic carbocycles. The molecule has 0 heterocycles. The summed E-state index contributed by atoms with van der Waals surface area (Å²) < 4.78 is 32.1. The van der Waals surface area contributed by atoms with Gasteiger partial charge in [0, 0.05) is 11.3 Å².